The highest BCUT2D eigenvalue weighted by atomic mass is 16.5. The molecule has 1 aromatic rings. The molecule has 0 radical (unpaired) electrons. The molecular formula is C16H24N4O2. The van der Waals surface area contributed by atoms with Crippen molar-refractivity contribution in [1.82, 2.24) is 20.2 Å². The Kier molecular flexibility index (Phi) is 5.34. The summed E-state index contributed by atoms with van der Waals surface area (Å²) in [7, 11) is 0. The quantitative estimate of drug-likeness (QED) is 0.877. The molecule has 1 aromatic heterocycles. The van der Waals surface area contributed by atoms with E-state index < -0.39 is 0 Å². The van der Waals surface area contributed by atoms with Crippen LogP contribution in [-0.4, -0.2) is 60.2 Å². The summed E-state index contributed by atoms with van der Waals surface area (Å²) in [5.41, 5.74) is 0.390. The zero-order chi connectivity index (χ0) is 15.2. The van der Waals surface area contributed by atoms with Crippen LogP contribution in [0.5, 0.6) is 0 Å². The number of ether oxygens (including phenoxy) is 1. The first-order chi connectivity index (χ1) is 10.8. The van der Waals surface area contributed by atoms with E-state index in [1.807, 2.05) is 0 Å². The van der Waals surface area contributed by atoms with Gasteiger partial charge in [-0.3, -0.25) is 9.78 Å². The van der Waals surface area contributed by atoms with Gasteiger partial charge in [-0.25, -0.2) is 4.98 Å². The van der Waals surface area contributed by atoms with Crippen LogP contribution in [0, 0.1) is 11.8 Å². The molecule has 1 atom stereocenters. The molecule has 0 aromatic carbocycles. The third kappa shape index (κ3) is 4.24. The van der Waals surface area contributed by atoms with Crippen LogP contribution in [0.1, 0.15) is 29.8 Å². The zero-order valence-electron chi connectivity index (χ0n) is 12.9. The summed E-state index contributed by atoms with van der Waals surface area (Å²) in [6, 6.07) is 0. The predicted octanol–water partition coefficient (Wildman–Crippen LogP) is 0.955. The van der Waals surface area contributed by atoms with Crippen LogP contribution in [-0.2, 0) is 4.74 Å². The molecule has 0 bridgehead atoms. The second kappa shape index (κ2) is 7.65. The maximum atomic E-state index is 11.9. The van der Waals surface area contributed by atoms with Gasteiger partial charge in [-0.15, -0.1) is 0 Å². The Labute approximate surface area is 131 Å². The number of amides is 1. The largest absolute Gasteiger partial charge is 0.381 e. The van der Waals surface area contributed by atoms with E-state index in [-0.39, 0.29) is 5.91 Å². The second-order valence-corrected chi connectivity index (χ2v) is 6.27. The van der Waals surface area contributed by atoms with Gasteiger partial charge in [0, 0.05) is 32.1 Å². The highest BCUT2D eigenvalue weighted by Gasteiger charge is 2.24. The van der Waals surface area contributed by atoms with Crippen molar-refractivity contribution in [2.24, 2.45) is 11.8 Å². The molecular weight excluding hydrogens is 280 g/mol. The second-order valence-electron chi connectivity index (χ2n) is 6.27. The monoisotopic (exact) mass is 304 g/mol. The van der Waals surface area contributed by atoms with Gasteiger partial charge in [-0.05, 0) is 44.2 Å². The number of hydrogen-bond acceptors (Lipinski definition) is 5. The lowest BCUT2D eigenvalue weighted by Crippen LogP contribution is -2.40. The van der Waals surface area contributed by atoms with Crippen molar-refractivity contribution in [1.29, 1.82) is 0 Å². The highest BCUT2D eigenvalue weighted by molar-refractivity contribution is 5.91. The summed E-state index contributed by atoms with van der Waals surface area (Å²) in [5, 5.41) is 2.98. The Balaban J connectivity index is 1.36. The van der Waals surface area contributed by atoms with Gasteiger partial charge in [0.2, 0.25) is 0 Å². The minimum atomic E-state index is -0.126. The Hall–Kier alpha value is -1.53. The van der Waals surface area contributed by atoms with E-state index in [2.05, 4.69) is 20.2 Å². The van der Waals surface area contributed by atoms with Crippen molar-refractivity contribution in [3.05, 3.63) is 24.3 Å². The maximum Gasteiger partial charge on any atom is 0.271 e. The molecule has 1 unspecified atom stereocenters. The van der Waals surface area contributed by atoms with Gasteiger partial charge in [0.05, 0.1) is 12.8 Å². The van der Waals surface area contributed by atoms with Gasteiger partial charge in [0.15, 0.2) is 0 Å². The van der Waals surface area contributed by atoms with Crippen molar-refractivity contribution in [2.45, 2.75) is 19.3 Å². The molecule has 6 nitrogen and oxygen atoms in total. The topological polar surface area (TPSA) is 67.4 Å². The summed E-state index contributed by atoms with van der Waals surface area (Å²) in [5.74, 6) is 1.16. The molecule has 6 heteroatoms. The number of nitrogens with zero attached hydrogens (tertiary/aromatic N) is 3. The molecule has 0 saturated carbocycles. The van der Waals surface area contributed by atoms with Gasteiger partial charge in [0.1, 0.15) is 5.69 Å². The van der Waals surface area contributed by atoms with Crippen molar-refractivity contribution in [3.63, 3.8) is 0 Å². The summed E-state index contributed by atoms with van der Waals surface area (Å²) in [6.07, 6.45) is 8.11. The lowest BCUT2D eigenvalue weighted by molar-refractivity contribution is 0.0926. The molecule has 0 spiro atoms. The smallest absolute Gasteiger partial charge is 0.271 e. The number of hydrogen-bond donors (Lipinski definition) is 1. The van der Waals surface area contributed by atoms with Crippen LogP contribution >= 0.6 is 0 Å². The van der Waals surface area contributed by atoms with E-state index in [4.69, 9.17) is 4.74 Å². The summed E-state index contributed by atoms with van der Waals surface area (Å²) < 4.78 is 5.44. The van der Waals surface area contributed by atoms with Gasteiger partial charge >= 0.3 is 0 Å². The van der Waals surface area contributed by atoms with Crippen LogP contribution in [0.4, 0.5) is 0 Å². The van der Waals surface area contributed by atoms with Crippen LogP contribution in [0.3, 0.4) is 0 Å². The fourth-order valence-electron chi connectivity index (χ4n) is 3.21. The molecule has 3 heterocycles. The number of rotatable bonds is 5. The molecule has 22 heavy (non-hydrogen) atoms. The van der Waals surface area contributed by atoms with E-state index in [1.165, 1.54) is 19.2 Å². The minimum absolute atomic E-state index is 0.126. The first kappa shape index (κ1) is 15.4. The van der Waals surface area contributed by atoms with Crippen LogP contribution in [0.2, 0.25) is 0 Å². The number of likely N-dealkylation sites (tertiary alicyclic amines) is 1. The first-order valence-electron chi connectivity index (χ1n) is 8.15. The SMILES string of the molecule is O=C(NCC1CCN(CC2CCOC2)CC1)c1cnccn1. The maximum absolute atomic E-state index is 11.9. The molecule has 2 aliphatic rings. The Bertz CT molecular complexity index is 468. The number of carbonyl (C=O) groups excluding carboxylic acids is 1. The average Bonchev–Trinajstić information content (AvgIpc) is 3.08. The van der Waals surface area contributed by atoms with Crippen LogP contribution in [0.15, 0.2) is 18.6 Å². The fourth-order valence-corrected chi connectivity index (χ4v) is 3.21. The van der Waals surface area contributed by atoms with Gasteiger partial charge in [0.25, 0.3) is 5.91 Å². The summed E-state index contributed by atoms with van der Waals surface area (Å²) in [6.45, 7) is 6.00. The third-order valence-electron chi connectivity index (χ3n) is 4.59. The van der Waals surface area contributed by atoms with Crippen molar-refractivity contribution >= 4 is 5.91 Å². The number of nitrogens with one attached hydrogen (secondary N) is 1. The number of piperidine rings is 1. The van der Waals surface area contributed by atoms with Crippen molar-refractivity contribution in [3.8, 4) is 0 Å². The predicted molar refractivity (Wildman–Crippen MR) is 82.5 cm³/mol. The van der Waals surface area contributed by atoms with E-state index in [0.29, 0.717) is 17.5 Å². The molecule has 2 fully saturated rings. The molecule has 3 rings (SSSR count). The lowest BCUT2D eigenvalue weighted by atomic mass is 9.95. The standard InChI is InChI=1S/C16H24N4O2/c21-16(15-10-17-4-5-18-15)19-9-13-1-6-20(7-2-13)11-14-3-8-22-12-14/h4-5,10,13-14H,1-3,6-9,11-12H2,(H,19,21). The van der Waals surface area contributed by atoms with Crippen LogP contribution < -0.4 is 5.32 Å². The van der Waals surface area contributed by atoms with Crippen molar-refractivity contribution < 1.29 is 9.53 Å². The Morgan fingerprint density at radius 2 is 2.14 bits per heavy atom. The van der Waals surface area contributed by atoms with Crippen LogP contribution in [0.25, 0.3) is 0 Å². The summed E-state index contributed by atoms with van der Waals surface area (Å²) >= 11 is 0. The van der Waals surface area contributed by atoms with Gasteiger partial charge in [-0.2, -0.15) is 0 Å². The first-order valence-corrected chi connectivity index (χ1v) is 8.15. The fraction of sp³-hybridized carbons (Fsp3) is 0.688. The van der Waals surface area contributed by atoms with Gasteiger partial charge in [-0.1, -0.05) is 0 Å². The minimum Gasteiger partial charge on any atom is -0.381 e. The van der Waals surface area contributed by atoms with E-state index in [9.17, 15) is 4.79 Å². The molecule has 2 saturated heterocycles. The Morgan fingerprint density at radius 3 is 2.82 bits per heavy atom. The molecule has 120 valence electrons. The van der Waals surface area contributed by atoms with Crippen molar-refractivity contribution in [2.75, 3.05) is 39.4 Å². The molecule has 2 aliphatic heterocycles. The molecule has 1 N–H and O–H groups in total. The number of aromatic nitrogens is 2. The van der Waals surface area contributed by atoms with Gasteiger partial charge < -0.3 is 15.0 Å². The van der Waals surface area contributed by atoms with E-state index in [0.717, 1.165) is 45.7 Å². The average molecular weight is 304 g/mol. The highest BCUT2D eigenvalue weighted by Crippen LogP contribution is 2.20. The van der Waals surface area contributed by atoms with E-state index >= 15 is 0 Å². The molecule has 1 amide bonds. The molecule has 0 aliphatic carbocycles. The lowest BCUT2D eigenvalue weighted by Gasteiger charge is -2.33. The third-order valence-corrected chi connectivity index (χ3v) is 4.59. The van der Waals surface area contributed by atoms with E-state index in [1.54, 1.807) is 12.4 Å². The Morgan fingerprint density at radius 1 is 1.27 bits per heavy atom. The summed E-state index contributed by atoms with van der Waals surface area (Å²) in [4.78, 5) is 22.4. The number of carbonyl (C=O) groups is 1. The zero-order valence-corrected chi connectivity index (χ0v) is 12.9. The normalized spacial score (nSPS) is 23.5.